The molecule has 2 aromatic rings. The van der Waals surface area contributed by atoms with Gasteiger partial charge in [-0.1, -0.05) is 20.8 Å². The summed E-state index contributed by atoms with van der Waals surface area (Å²) >= 11 is 0. The molecular weight excluding hydrogens is 268 g/mol. The first kappa shape index (κ1) is 15.1. The summed E-state index contributed by atoms with van der Waals surface area (Å²) in [6.07, 6.45) is 0. The third kappa shape index (κ3) is 3.24. The number of carboxylic acids is 1. The Labute approximate surface area is 124 Å². The molecular formula is C16H20N2O3. The Morgan fingerprint density at radius 1 is 1.29 bits per heavy atom. The molecule has 1 N–H and O–H groups in total. The van der Waals surface area contributed by atoms with Gasteiger partial charge < -0.3 is 9.84 Å². The molecule has 0 aliphatic carbocycles. The van der Waals surface area contributed by atoms with Crippen LogP contribution in [0, 0.1) is 0 Å². The van der Waals surface area contributed by atoms with Crippen molar-refractivity contribution in [2.45, 2.75) is 33.1 Å². The first-order chi connectivity index (χ1) is 9.82. The number of benzene rings is 1. The molecule has 0 bridgehead atoms. The lowest BCUT2D eigenvalue weighted by atomic mass is 9.91. The summed E-state index contributed by atoms with van der Waals surface area (Å²) in [6.45, 7) is 8.62. The second-order valence-corrected chi connectivity index (χ2v) is 5.81. The standard InChI is InChI=1S/C16H20N2O3/c1-5-21-12-8-6-11(7-9-12)18-14(16(2,3)4)10-13(17-18)15(19)20/h6-10H,5H2,1-4H3,(H,19,20). The lowest BCUT2D eigenvalue weighted by molar-refractivity contribution is 0.0690. The van der Waals surface area contributed by atoms with Gasteiger partial charge in [-0.2, -0.15) is 5.10 Å². The topological polar surface area (TPSA) is 64.4 Å². The average Bonchev–Trinajstić information content (AvgIpc) is 2.85. The third-order valence-electron chi connectivity index (χ3n) is 3.09. The van der Waals surface area contributed by atoms with Crippen LogP contribution in [0.3, 0.4) is 0 Å². The van der Waals surface area contributed by atoms with E-state index in [0.717, 1.165) is 17.1 Å². The Morgan fingerprint density at radius 3 is 2.38 bits per heavy atom. The SMILES string of the molecule is CCOc1ccc(-n2nc(C(=O)O)cc2C(C)(C)C)cc1. The number of aromatic nitrogens is 2. The number of ether oxygens (including phenoxy) is 1. The maximum Gasteiger partial charge on any atom is 0.356 e. The first-order valence-electron chi connectivity index (χ1n) is 6.90. The van der Waals surface area contributed by atoms with E-state index in [1.165, 1.54) is 0 Å². The number of aromatic carboxylic acids is 1. The maximum atomic E-state index is 11.2. The van der Waals surface area contributed by atoms with Crippen LogP contribution in [-0.4, -0.2) is 27.5 Å². The zero-order chi connectivity index (χ0) is 15.6. The van der Waals surface area contributed by atoms with Gasteiger partial charge in [0.15, 0.2) is 5.69 Å². The number of nitrogens with zero attached hydrogens (tertiary/aromatic N) is 2. The van der Waals surface area contributed by atoms with E-state index in [4.69, 9.17) is 9.84 Å². The highest BCUT2D eigenvalue weighted by Gasteiger charge is 2.23. The van der Waals surface area contributed by atoms with Crippen molar-refractivity contribution in [3.05, 3.63) is 41.7 Å². The lowest BCUT2D eigenvalue weighted by Gasteiger charge is -2.20. The van der Waals surface area contributed by atoms with Gasteiger partial charge in [0.05, 0.1) is 18.0 Å². The van der Waals surface area contributed by atoms with E-state index >= 15 is 0 Å². The highest BCUT2D eigenvalue weighted by molar-refractivity contribution is 5.85. The highest BCUT2D eigenvalue weighted by Crippen LogP contribution is 2.26. The van der Waals surface area contributed by atoms with Crippen molar-refractivity contribution >= 4 is 5.97 Å². The number of hydrogen-bond donors (Lipinski definition) is 1. The zero-order valence-electron chi connectivity index (χ0n) is 12.8. The number of carbonyl (C=O) groups is 1. The quantitative estimate of drug-likeness (QED) is 0.937. The molecule has 0 aliphatic heterocycles. The Morgan fingerprint density at radius 2 is 1.90 bits per heavy atom. The van der Waals surface area contributed by atoms with Crippen molar-refractivity contribution in [1.82, 2.24) is 9.78 Å². The second kappa shape index (κ2) is 5.60. The third-order valence-corrected chi connectivity index (χ3v) is 3.09. The van der Waals surface area contributed by atoms with Crippen molar-refractivity contribution in [2.75, 3.05) is 6.61 Å². The molecule has 1 aromatic carbocycles. The number of rotatable bonds is 4. The van der Waals surface area contributed by atoms with Gasteiger partial charge in [0.2, 0.25) is 0 Å². The van der Waals surface area contributed by atoms with E-state index in [1.807, 2.05) is 52.0 Å². The first-order valence-corrected chi connectivity index (χ1v) is 6.90. The monoisotopic (exact) mass is 288 g/mol. The largest absolute Gasteiger partial charge is 0.494 e. The van der Waals surface area contributed by atoms with Gasteiger partial charge in [0, 0.05) is 5.41 Å². The fourth-order valence-corrected chi connectivity index (χ4v) is 2.07. The molecule has 0 radical (unpaired) electrons. The van der Waals surface area contributed by atoms with E-state index in [2.05, 4.69) is 5.10 Å². The van der Waals surface area contributed by atoms with Crippen LogP contribution in [0.4, 0.5) is 0 Å². The maximum absolute atomic E-state index is 11.2. The molecule has 1 aromatic heterocycles. The molecule has 0 atom stereocenters. The zero-order valence-corrected chi connectivity index (χ0v) is 12.8. The van der Waals surface area contributed by atoms with Gasteiger partial charge in [-0.15, -0.1) is 0 Å². The Hall–Kier alpha value is -2.30. The van der Waals surface area contributed by atoms with Gasteiger partial charge in [-0.3, -0.25) is 0 Å². The van der Waals surface area contributed by atoms with Crippen LogP contribution in [0.25, 0.3) is 5.69 Å². The predicted molar refractivity (Wildman–Crippen MR) is 80.4 cm³/mol. The second-order valence-electron chi connectivity index (χ2n) is 5.81. The fraction of sp³-hybridized carbons (Fsp3) is 0.375. The summed E-state index contributed by atoms with van der Waals surface area (Å²) < 4.78 is 7.09. The molecule has 0 saturated carbocycles. The summed E-state index contributed by atoms with van der Waals surface area (Å²) in [4.78, 5) is 11.2. The van der Waals surface area contributed by atoms with Crippen molar-refractivity contribution in [1.29, 1.82) is 0 Å². The van der Waals surface area contributed by atoms with Gasteiger partial charge in [-0.05, 0) is 37.3 Å². The molecule has 0 aliphatic rings. The number of hydrogen-bond acceptors (Lipinski definition) is 3. The lowest BCUT2D eigenvalue weighted by Crippen LogP contribution is -2.17. The highest BCUT2D eigenvalue weighted by atomic mass is 16.5. The van der Waals surface area contributed by atoms with E-state index in [1.54, 1.807) is 10.7 Å². The molecule has 0 saturated heterocycles. The van der Waals surface area contributed by atoms with Gasteiger partial charge in [0.25, 0.3) is 0 Å². The summed E-state index contributed by atoms with van der Waals surface area (Å²) in [5, 5.41) is 13.4. The minimum absolute atomic E-state index is 0.0498. The molecule has 0 amide bonds. The predicted octanol–water partition coefficient (Wildman–Crippen LogP) is 3.27. The molecule has 5 nitrogen and oxygen atoms in total. The van der Waals surface area contributed by atoms with Crippen molar-refractivity contribution in [2.24, 2.45) is 0 Å². The van der Waals surface area contributed by atoms with Crippen molar-refractivity contribution in [3.8, 4) is 11.4 Å². The van der Waals surface area contributed by atoms with Crippen LogP contribution in [-0.2, 0) is 5.41 Å². The van der Waals surface area contributed by atoms with E-state index in [9.17, 15) is 4.79 Å². The summed E-state index contributed by atoms with van der Waals surface area (Å²) in [7, 11) is 0. The van der Waals surface area contributed by atoms with Crippen LogP contribution in [0.1, 0.15) is 43.9 Å². The summed E-state index contributed by atoms with van der Waals surface area (Å²) in [5.41, 5.74) is 1.51. The van der Waals surface area contributed by atoms with E-state index in [-0.39, 0.29) is 11.1 Å². The van der Waals surface area contributed by atoms with Gasteiger partial charge in [0.1, 0.15) is 5.75 Å². The van der Waals surface area contributed by atoms with Crippen molar-refractivity contribution < 1.29 is 14.6 Å². The molecule has 0 fully saturated rings. The smallest absolute Gasteiger partial charge is 0.356 e. The van der Waals surface area contributed by atoms with E-state index in [0.29, 0.717) is 6.61 Å². The molecule has 5 heteroatoms. The molecule has 112 valence electrons. The minimum Gasteiger partial charge on any atom is -0.494 e. The summed E-state index contributed by atoms with van der Waals surface area (Å²) in [5.74, 6) is -0.241. The Balaban J connectivity index is 2.49. The van der Waals surface area contributed by atoms with Crippen LogP contribution < -0.4 is 4.74 Å². The fourth-order valence-electron chi connectivity index (χ4n) is 2.07. The van der Waals surface area contributed by atoms with Crippen LogP contribution in [0.5, 0.6) is 5.75 Å². The average molecular weight is 288 g/mol. The van der Waals surface area contributed by atoms with Crippen LogP contribution >= 0.6 is 0 Å². The van der Waals surface area contributed by atoms with Crippen LogP contribution in [0.15, 0.2) is 30.3 Å². The molecule has 2 rings (SSSR count). The molecule has 0 unspecified atom stereocenters. The molecule has 1 heterocycles. The van der Waals surface area contributed by atoms with E-state index < -0.39 is 5.97 Å². The summed E-state index contributed by atoms with van der Waals surface area (Å²) in [6, 6.07) is 9.08. The molecule has 21 heavy (non-hydrogen) atoms. The minimum atomic E-state index is -1.02. The number of carboxylic acid groups (broad SMARTS) is 1. The molecule has 0 spiro atoms. The van der Waals surface area contributed by atoms with Gasteiger partial charge in [-0.25, -0.2) is 9.48 Å². The Kier molecular flexibility index (Phi) is 4.02. The normalized spacial score (nSPS) is 11.4. The van der Waals surface area contributed by atoms with Gasteiger partial charge >= 0.3 is 5.97 Å². The Bertz CT molecular complexity index is 637. The van der Waals surface area contributed by atoms with Crippen LogP contribution in [0.2, 0.25) is 0 Å². The van der Waals surface area contributed by atoms with Crippen molar-refractivity contribution in [3.63, 3.8) is 0 Å².